The summed E-state index contributed by atoms with van der Waals surface area (Å²) in [6.45, 7) is 3.87. The Morgan fingerprint density at radius 2 is 2.04 bits per heavy atom. The normalized spacial score (nSPS) is 15.6. The molecule has 132 valence electrons. The fraction of sp³-hybridized carbons (Fsp3) is 0.529. The second-order valence-electron chi connectivity index (χ2n) is 5.82. The van der Waals surface area contributed by atoms with Crippen LogP contribution in [0.4, 0.5) is 0 Å². The average Bonchev–Trinajstić information content (AvgIpc) is 2.59. The van der Waals surface area contributed by atoms with Crippen molar-refractivity contribution in [2.24, 2.45) is 0 Å². The van der Waals surface area contributed by atoms with Gasteiger partial charge in [0.15, 0.2) is 0 Å². The van der Waals surface area contributed by atoms with Gasteiger partial charge in [0.05, 0.1) is 19.2 Å². The molecule has 0 spiro atoms. The number of piperidine rings is 1. The van der Waals surface area contributed by atoms with Gasteiger partial charge in [-0.05, 0) is 37.6 Å². The van der Waals surface area contributed by atoms with E-state index in [2.05, 4.69) is 0 Å². The van der Waals surface area contributed by atoms with Crippen molar-refractivity contribution in [1.29, 1.82) is 0 Å². The van der Waals surface area contributed by atoms with E-state index in [4.69, 9.17) is 21.4 Å². The lowest BCUT2D eigenvalue weighted by molar-refractivity contribution is -0.139. The largest absolute Gasteiger partial charge is 0.496 e. The zero-order chi connectivity index (χ0) is 17.7. The van der Waals surface area contributed by atoms with Crippen LogP contribution < -0.4 is 4.74 Å². The number of likely N-dealkylation sites (tertiary alicyclic amines) is 1. The number of carboxylic acids is 1. The van der Waals surface area contributed by atoms with Gasteiger partial charge in [0, 0.05) is 24.2 Å². The number of ether oxygens (including phenoxy) is 1. The zero-order valence-electron chi connectivity index (χ0n) is 14.0. The van der Waals surface area contributed by atoms with Crippen LogP contribution >= 0.6 is 11.6 Å². The average molecular weight is 355 g/mol. The highest BCUT2D eigenvalue weighted by Crippen LogP contribution is 2.26. The number of amides is 1. The molecule has 1 amide bonds. The lowest BCUT2D eigenvalue weighted by Gasteiger charge is -2.37. The lowest BCUT2D eigenvalue weighted by atomic mass is 10.0. The highest BCUT2D eigenvalue weighted by molar-refractivity contribution is 6.31. The van der Waals surface area contributed by atoms with Crippen LogP contribution in [0.3, 0.4) is 0 Å². The summed E-state index contributed by atoms with van der Waals surface area (Å²) in [5.74, 6) is -0.416. The molecule has 0 bridgehead atoms. The Kier molecular flexibility index (Phi) is 6.45. The molecule has 0 aromatic heterocycles. The highest BCUT2D eigenvalue weighted by atomic mass is 35.5. The van der Waals surface area contributed by atoms with Crippen molar-refractivity contribution in [1.82, 2.24) is 9.80 Å². The Labute approximate surface area is 146 Å². The van der Waals surface area contributed by atoms with Gasteiger partial charge in [-0.3, -0.25) is 14.5 Å². The Morgan fingerprint density at radius 3 is 2.58 bits per heavy atom. The number of carbonyl (C=O) groups excluding carboxylic acids is 1. The first-order valence-electron chi connectivity index (χ1n) is 8.05. The summed E-state index contributed by atoms with van der Waals surface area (Å²) in [6.07, 6.45) is 1.52. The molecular weight excluding hydrogens is 332 g/mol. The predicted molar refractivity (Wildman–Crippen MR) is 91.8 cm³/mol. The fourth-order valence-electron chi connectivity index (χ4n) is 3.12. The van der Waals surface area contributed by atoms with Crippen molar-refractivity contribution in [3.8, 4) is 5.75 Å². The van der Waals surface area contributed by atoms with E-state index in [0.29, 0.717) is 36.0 Å². The van der Waals surface area contributed by atoms with E-state index in [-0.39, 0.29) is 18.5 Å². The molecule has 2 rings (SSSR count). The van der Waals surface area contributed by atoms with Crippen molar-refractivity contribution in [2.45, 2.75) is 25.8 Å². The minimum atomic E-state index is -0.820. The van der Waals surface area contributed by atoms with E-state index in [1.165, 1.54) is 7.11 Å². The third-order valence-electron chi connectivity index (χ3n) is 4.40. The maximum Gasteiger partial charge on any atom is 0.317 e. The van der Waals surface area contributed by atoms with Gasteiger partial charge in [0.2, 0.25) is 0 Å². The van der Waals surface area contributed by atoms with Crippen LogP contribution in [0.15, 0.2) is 18.2 Å². The molecule has 1 aromatic rings. The number of hydrogen-bond donors (Lipinski definition) is 1. The molecule has 1 aliphatic heterocycles. The maximum atomic E-state index is 12.7. The Bertz CT molecular complexity index is 600. The number of aliphatic carboxylic acids is 1. The molecule has 0 saturated carbocycles. The quantitative estimate of drug-likeness (QED) is 0.849. The monoisotopic (exact) mass is 354 g/mol. The summed E-state index contributed by atoms with van der Waals surface area (Å²) in [4.78, 5) is 27.4. The van der Waals surface area contributed by atoms with Crippen LogP contribution in [-0.2, 0) is 4.79 Å². The summed E-state index contributed by atoms with van der Waals surface area (Å²) in [5, 5.41) is 9.48. The van der Waals surface area contributed by atoms with Gasteiger partial charge in [-0.2, -0.15) is 0 Å². The molecule has 6 nitrogen and oxygen atoms in total. The SMILES string of the molecule is CCN(CC(=O)O)C1CCN(C(=O)c2cc(Cl)ccc2OC)CC1. The Morgan fingerprint density at radius 1 is 1.38 bits per heavy atom. The third kappa shape index (κ3) is 4.39. The van der Waals surface area contributed by atoms with E-state index in [9.17, 15) is 9.59 Å². The molecule has 0 radical (unpaired) electrons. The first-order valence-corrected chi connectivity index (χ1v) is 8.42. The Balaban J connectivity index is 2.03. The van der Waals surface area contributed by atoms with Gasteiger partial charge in [-0.1, -0.05) is 18.5 Å². The molecule has 1 heterocycles. The number of rotatable bonds is 6. The lowest BCUT2D eigenvalue weighted by Crippen LogP contribution is -2.48. The number of hydrogen-bond acceptors (Lipinski definition) is 4. The topological polar surface area (TPSA) is 70.1 Å². The van der Waals surface area contributed by atoms with Crippen molar-refractivity contribution >= 4 is 23.5 Å². The Hall–Kier alpha value is -1.79. The van der Waals surface area contributed by atoms with Crippen molar-refractivity contribution < 1.29 is 19.4 Å². The number of nitrogens with zero attached hydrogens (tertiary/aromatic N) is 2. The van der Waals surface area contributed by atoms with Crippen LogP contribution in [-0.4, -0.2) is 66.1 Å². The third-order valence-corrected chi connectivity index (χ3v) is 4.64. The fourth-order valence-corrected chi connectivity index (χ4v) is 3.30. The molecule has 7 heteroatoms. The summed E-state index contributed by atoms with van der Waals surface area (Å²) in [6, 6.07) is 5.19. The number of likely N-dealkylation sites (N-methyl/N-ethyl adjacent to an activating group) is 1. The van der Waals surface area contributed by atoms with Crippen LogP contribution in [0.5, 0.6) is 5.75 Å². The summed E-state index contributed by atoms with van der Waals surface area (Å²) in [7, 11) is 1.53. The molecular formula is C17H23ClN2O4. The van der Waals surface area contributed by atoms with Gasteiger partial charge in [0.25, 0.3) is 5.91 Å². The van der Waals surface area contributed by atoms with Crippen molar-refractivity contribution in [2.75, 3.05) is 33.3 Å². The van der Waals surface area contributed by atoms with E-state index in [1.807, 2.05) is 11.8 Å². The van der Waals surface area contributed by atoms with Gasteiger partial charge >= 0.3 is 5.97 Å². The number of carboxylic acid groups (broad SMARTS) is 1. The number of carbonyl (C=O) groups is 2. The molecule has 0 unspecified atom stereocenters. The first-order chi connectivity index (χ1) is 11.5. The second-order valence-corrected chi connectivity index (χ2v) is 6.26. The van der Waals surface area contributed by atoms with Crippen LogP contribution in [0.25, 0.3) is 0 Å². The maximum absolute atomic E-state index is 12.7. The smallest absolute Gasteiger partial charge is 0.317 e. The highest BCUT2D eigenvalue weighted by Gasteiger charge is 2.28. The number of halogens is 1. The number of benzene rings is 1. The molecule has 1 aliphatic rings. The minimum absolute atomic E-state index is 0.0389. The molecule has 0 aliphatic carbocycles. The zero-order valence-corrected chi connectivity index (χ0v) is 14.8. The van der Waals surface area contributed by atoms with Gasteiger partial charge in [-0.15, -0.1) is 0 Å². The molecule has 1 N–H and O–H groups in total. The molecule has 24 heavy (non-hydrogen) atoms. The van der Waals surface area contributed by atoms with Gasteiger partial charge in [-0.25, -0.2) is 0 Å². The van der Waals surface area contributed by atoms with E-state index in [0.717, 1.165) is 12.8 Å². The van der Waals surface area contributed by atoms with E-state index >= 15 is 0 Å². The standard InChI is InChI=1S/C17H23ClN2O4/c1-3-19(11-16(21)22)13-6-8-20(9-7-13)17(23)14-10-12(18)4-5-15(14)24-2/h4-5,10,13H,3,6-9,11H2,1-2H3,(H,21,22). The van der Waals surface area contributed by atoms with Gasteiger partial charge in [0.1, 0.15) is 5.75 Å². The second kappa shape index (κ2) is 8.35. The van der Waals surface area contributed by atoms with E-state index < -0.39 is 5.97 Å². The van der Waals surface area contributed by atoms with Crippen molar-refractivity contribution in [3.05, 3.63) is 28.8 Å². The molecule has 1 fully saturated rings. The van der Waals surface area contributed by atoms with Crippen LogP contribution in [0, 0.1) is 0 Å². The minimum Gasteiger partial charge on any atom is -0.496 e. The predicted octanol–water partition coefficient (Wildman–Crippen LogP) is 2.36. The van der Waals surface area contributed by atoms with Crippen LogP contribution in [0.2, 0.25) is 5.02 Å². The van der Waals surface area contributed by atoms with Crippen LogP contribution in [0.1, 0.15) is 30.1 Å². The molecule has 1 aromatic carbocycles. The molecule has 0 atom stereocenters. The summed E-state index contributed by atoms with van der Waals surface area (Å²) in [5.41, 5.74) is 0.460. The summed E-state index contributed by atoms with van der Waals surface area (Å²) < 4.78 is 5.25. The van der Waals surface area contributed by atoms with E-state index in [1.54, 1.807) is 23.1 Å². The number of methoxy groups -OCH3 is 1. The van der Waals surface area contributed by atoms with Crippen molar-refractivity contribution in [3.63, 3.8) is 0 Å². The van der Waals surface area contributed by atoms with Gasteiger partial charge < -0.3 is 14.7 Å². The molecule has 1 saturated heterocycles. The first kappa shape index (κ1) is 18.5. The summed E-state index contributed by atoms with van der Waals surface area (Å²) >= 11 is 6.00.